The van der Waals surface area contributed by atoms with Crippen LogP contribution in [-0.4, -0.2) is 12.1 Å². The number of halogens is 2. The SMILES string of the molecule is CCCCCCCCCCCC(=O)c1ccc2c(c1)OC(F)(F)O2. The monoisotopic (exact) mass is 340 g/mol. The van der Waals surface area contributed by atoms with E-state index < -0.39 is 6.29 Å². The van der Waals surface area contributed by atoms with Crippen LogP contribution in [0.5, 0.6) is 11.5 Å². The van der Waals surface area contributed by atoms with Gasteiger partial charge in [0.25, 0.3) is 0 Å². The van der Waals surface area contributed by atoms with Crippen molar-refractivity contribution in [2.24, 2.45) is 0 Å². The molecule has 0 saturated heterocycles. The summed E-state index contributed by atoms with van der Waals surface area (Å²) in [6.07, 6.45) is 7.49. The van der Waals surface area contributed by atoms with Gasteiger partial charge in [-0.1, -0.05) is 58.3 Å². The Morgan fingerprint density at radius 2 is 1.50 bits per heavy atom. The molecule has 1 heterocycles. The summed E-state index contributed by atoms with van der Waals surface area (Å²) in [4.78, 5) is 12.1. The Kier molecular flexibility index (Phi) is 7.00. The largest absolute Gasteiger partial charge is 0.586 e. The van der Waals surface area contributed by atoms with Crippen molar-refractivity contribution in [2.75, 3.05) is 0 Å². The van der Waals surface area contributed by atoms with Gasteiger partial charge in [0.15, 0.2) is 17.3 Å². The van der Waals surface area contributed by atoms with E-state index in [1.165, 1.54) is 56.7 Å². The molecule has 0 aliphatic carbocycles. The second kappa shape index (κ2) is 9.00. The highest BCUT2D eigenvalue weighted by Crippen LogP contribution is 2.41. The number of unbranched alkanes of at least 4 members (excludes halogenated alkanes) is 8. The number of Topliss-reactive ketones (excluding diaryl/α,β-unsaturated/α-hetero) is 1. The smallest absolute Gasteiger partial charge is 0.395 e. The summed E-state index contributed by atoms with van der Waals surface area (Å²) in [6.45, 7) is 2.21. The highest BCUT2D eigenvalue weighted by atomic mass is 19.3. The molecule has 1 aliphatic heterocycles. The number of hydrogen-bond donors (Lipinski definition) is 0. The van der Waals surface area contributed by atoms with Gasteiger partial charge in [-0.2, -0.15) is 0 Å². The first-order valence-electron chi connectivity index (χ1n) is 8.95. The van der Waals surface area contributed by atoms with Gasteiger partial charge in [-0.25, -0.2) is 0 Å². The van der Waals surface area contributed by atoms with E-state index in [-0.39, 0.29) is 17.3 Å². The molecule has 1 aliphatic rings. The molecular formula is C19H26F2O3. The van der Waals surface area contributed by atoms with E-state index in [2.05, 4.69) is 16.4 Å². The second-order valence-corrected chi connectivity index (χ2v) is 6.33. The van der Waals surface area contributed by atoms with Gasteiger partial charge in [0, 0.05) is 12.0 Å². The number of carbonyl (C=O) groups excluding carboxylic acids is 1. The Hall–Kier alpha value is -1.65. The average Bonchev–Trinajstić information content (AvgIpc) is 2.85. The molecule has 0 unspecified atom stereocenters. The molecule has 0 spiro atoms. The molecule has 134 valence electrons. The van der Waals surface area contributed by atoms with Gasteiger partial charge in [0.1, 0.15) is 0 Å². The van der Waals surface area contributed by atoms with Crippen LogP contribution in [-0.2, 0) is 0 Å². The topological polar surface area (TPSA) is 35.5 Å². The molecule has 0 atom stereocenters. The maximum absolute atomic E-state index is 13.0. The van der Waals surface area contributed by atoms with Crippen LogP contribution in [0.4, 0.5) is 8.78 Å². The summed E-state index contributed by atoms with van der Waals surface area (Å²) in [6, 6.07) is 4.21. The summed E-state index contributed by atoms with van der Waals surface area (Å²) in [5, 5.41) is 0. The lowest BCUT2D eigenvalue weighted by atomic mass is 10.0. The third-order valence-corrected chi connectivity index (χ3v) is 4.23. The minimum absolute atomic E-state index is 0.0281. The number of hydrogen-bond acceptors (Lipinski definition) is 3. The molecule has 2 rings (SSSR count). The first kappa shape index (κ1) is 18.7. The van der Waals surface area contributed by atoms with Gasteiger partial charge >= 0.3 is 6.29 Å². The molecular weight excluding hydrogens is 314 g/mol. The molecule has 0 amide bonds. The summed E-state index contributed by atoms with van der Waals surface area (Å²) >= 11 is 0. The van der Waals surface area contributed by atoms with Crippen LogP contribution in [0.15, 0.2) is 18.2 Å². The summed E-state index contributed by atoms with van der Waals surface area (Å²) in [5.41, 5.74) is 0.398. The van der Waals surface area contributed by atoms with Crippen LogP contribution >= 0.6 is 0 Å². The predicted octanol–water partition coefficient (Wildman–Crippen LogP) is 6.11. The molecule has 0 aromatic heterocycles. The van der Waals surface area contributed by atoms with Gasteiger partial charge in [-0.05, 0) is 24.6 Å². The number of fused-ring (bicyclic) bond motifs is 1. The first-order chi connectivity index (χ1) is 11.5. The Bertz CT molecular complexity index is 543. The van der Waals surface area contributed by atoms with E-state index in [9.17, 15) is 13.6 Å². The maximum Gasteiger partial charge on any atom is 0.586 e. The maximum atomic E-state index is 13.0. The van der Waals surface area contributed by atoms with Crippen LogP contribution in [0, 0.1) is 0 Å². The van der Waals surface area contributed by atoms with Crippen molar-refractivity contribution in [3.63, 3.8) is 0 Å². The Balaban J connectivity index is 1.64. The zero-order chi connectivity index (χ0) is 17.4. The molecule has 0 radical (unpaired) electrons. The van der Waals surface area contributed by atoms with E-state index in [1.54, 1.807) is 0 Å². The first-order valence-corrected chi connectivity index (χ1v) is 8.95. The number of ether oxygens (including phenoxy) is 2. The van der Waals surface area contributed by atoms with Gasteiger partial charge in [-0.15, -0.1) is 8.78 Å². The number of ketones is 1. The lowest BCUT2D eigenvalue weighted by Crippen LogP contribution is -2.25. The molecule has 0 fully saturated rings. The van der Waals surface area contributed by atoms with Crippen LogP contribution in [0.2, 0.25) is 0 Å². The van der Waals surface area contributed by atoms with Crippen molar-refractivity contribution in [1.82, 2.24) is 0 Å². The molecule has 0 saturated carbocycles. The average molecular weight is 340 g/mol. The van der Waals surface area contributed by atoms with Crippen molar-refractivity contribution >= 4 is 5.78 Å². The lowest BCUT2D eigenvalue weighted by Gasteiger charge is -2.04. The number of carbonyl (C=O) groups is 1. The third kappa shape index (κ3) is 5.77. The fraction of sp³-hybridized carbons (Fsp3) is 0.632. The summed E-state index contributed by atoms with van der Waals surface area (Å²) in [5.74, 6) is -0.142. The van der Waals surface area contributed by atoms with E-state index in [1.807, 2.05) is 0 Å². The molecule has 1 aromatic rings. The predicted molar refractivity (Wildman–Crippen MR) is 88.8 cm³/mol. The van der Waals surface area contributed by atoms with Crippen LogP contribution in [0.25, 0.3) is 0 Å². The van der Waals surface area contributed by atoms with E-state index in [4.69, 9.17) is 0 Å². The zero-order valence-electron chi connectivity index (χ0n) is 14.3. The van der Waals surface area contributed by atoms with E-state index >= 15 is 0 Å². The number of rotatable bonds is 11. The minimum Gasteiger partial charge on any atom is -0.395 e. The van der Waals surface area contributed by atoms with Crippen molar-refractivity contribution in [3.8, 4) is 11.5 Å². The van der Waals surface area contributed by atoms with Gasteiger partial charge in [-0.3, -0.25) is 4.79 Å². The molecule has 5 heteroatoms. The fourth-order valence-electron chi connectivity index (χ4n) is 2.86. The minimum atomic E-state index is -3.64. The lowest BCUT2D eigenvalue weighted by molar-refractivity contribution is -0.286. The van der Waals surface area contributed by atoms with Crippen LogP contribution in [0.3, 0.4) is 0 Å². The quantitative estimate of drug-likeness (QED) is 0.360. The third-order valence-electron chi connectivity index (χ3n) is 4.23. The van der Waals surface area contributed by atoms with Crippen molar-refractivity contribution < 1.29 is 23.0 Å². The molecule has 0 N–H and O–H groups in total. The normalized spacial score (nSPS) is 14.8. The van der Waals surface area contributed by atoms with Crippen LogP contribution < -0.4 is 9.47 Å². The highest BCUT2D eigenvalue weighted by Gasteiger charge is 2.43. The second-order valence-electron chi connectivity index (χ2n) is 6.33. The Morgan fingerprint density at radius 3 is 2.17 bits per heavy atom. The molecule has 24 heavy (non-hydrogen) atoms. The van der Waals surface area contributed by atoms with Gasteiger partial charge in [0.2, 0.25) is 0 Å². The zero-order valence-corrected chi connectivity index (χ0v) is 14.3. The van der Waals surface area contributed by atoms with Crippen molar-refractivity contribution in [1.29, 1.82) is 0 Å². The van der Waals surface area contributed by atoms with E-state index in [0.29, 0.717) is 12.0 Å². The highest BCUT2D eigenvalue weighted by molar-refractivity contribution is 5.96. The van der Waals surface area contributed by atoms with Crippen molar-refractivity contribution in [2.45, 2.75) is 77.4 Å². The van der Waals surface area contributed by atoms with Gasteiger partial charge in [0.05, 0.1) is 0 Å². The number of benzene rings is 1. The van der Waals surface area contributed by atoms with Crippen LogP contribution in [0.1, 0.15) is 81.5 Å². The van der Waals surface area contributed by atoms with Crippen molar-refractivity contribution in [3.05, 3.63) is 23.8 Å². The van der Waals surface area contributed by atoms with E-state index in [0.717, 1.165) is 19.3 Å². The van der Waals surface area contributed by atoms with Gasteiger partial charge < -0.3 is 9.47 Å². The molecule has 3 nitrogen and oxygen atoms in total. The number of alkyl halides is 2. The standard InChI is InChI=1S/C19H26F2O3/c1-2-3-4-5-6-7-8-9-10-11-16(22)15-12-13-17-18(14-15)24-19(20,21)23-17/h12-14H,2-11H2,1H3. The fourth-order valence-corrected chi connectivity index (χ4v) is 2.86. The summed E-state index contributed by atoms with van der Waals surface area (Å²) in [7, 11) is 0. The Morgan fingerprint density at radius 1 is 0.917 bits per heavy atom. The molecule has 0 bridgehead atoms. The molecule has 1 aromatic carbocycles. The Labute approximate surface area is 142 Å². The summed E-state index contributed by atoms with van der Waals surface area (Å²) < 4.78 is 34.6.